The average molecular weight is 336 g/mol. The van der Waals surface area contributed by atoms with Gasteiger partial charge in [0.1, 0.15) is 0 Å². The number of nitrogens with zero attached hydrogens (tertiary/aromatic N) is 2. The average Bonchev–Trinajstić information content (AvgIpc) is 2.58. The highest BCUT2D eigenvalue weighted by Gasteiger charge is 2.16. The Morgan fingerprint density at radius 3 is 2.56 bits per heavy atom. The number of ether oxygens (including phenoxy) is 1. The molecule has 128 valence electrons. The fraction of sp³-hybridized carbons (Fsp3) is 0.250. The monoisotopic (exact) mass is 336 g/mol. The van der Waals surface area contributed by atoms with Gasteiger partial charge < -0.3 is 9.15 Å². The van der Waals surface area contributed by atoms with Crippen molar-refractivity contribution in [2.45, 2.75) is 33.8 Å². The van der Waals surface area contributed by atoms with E-state index in [1.54, 1.807) is 6.92 Å². The van der Waals surface area contributed by atoms with Gasteiger partial charge in [-0.3, -0.25) is 4.79 Å². The van der Waals surface area contributed by atoms with Crippen molar-refractivity contribution in [3.8, 4) is 0 Å². The van der Waals surface area contributed by atoms with E-state index in [0.717, 1.165) is 27.7 Å². The molecule has 25 heavy (non-hydrogen) atoms. The number of carbonyl (C=O) groups excluding carboxylic acids is 1. The third kappa shape index (κ3) is 3.60. The minimum absolute atomic E-state index is 0.320. The molecular weight excluding hydrogens is 316 g/mol. The lowest BCUT2D eigenvalue weighted by atomic mass is 10.1. The Bertz CT molecular complexity index is 991. The highest BCUT2D eigenvalue weighted by molar-refractivity contribution is 5.81. The molecule has 3 aromatic rings. The molecule has 0 saturated carbocycles. The number of rotatable bonds is 3. The van der Waals surface area contributed by atoms with Crippen molar-refractivity contribution in [3.63, 3.8) is 0 Å². The zero-order chi connectivity index (χ0) is 18.0. The van der Waals surface area contributed by atoms with E-state index in [2.05, 4.69) is 9.98 Å². The summed E-state index contributed by atoms with van der Waals surface area (Å²) in [5, 5.41) is 0.864. The molecule has 2 aromatic carbocycles. The summed E-state index contributed by atoms with van der Waals surface area (Å²) < 4.78 is 11.1. The Morgan fingerprint density at radius 2 is 1.88 bits per heavy atom. The molecule has 0 amide bonds. The molecule has 0 unspecified atom stereocenters. The van der Waals surface area contributed by atoms with Crippen molar-refractivity contribution in [2.75, 3.05) is 0 Å². The first-order valence-electron chi connectivity index (χ1n) is 8.13. The summed E-state index contributed by atoms with van der Waals surface area (Å²) in [5.41, 5.74) is 4.21. The van der Waals surface area contributed by atoms with Crippen LogP contribution in [-0.4, -0.2) is 11.0 Å². The summed E-state index contributed by atoms with van der Waals surface area (Å²) in [6.45, 7) is 7.15. The van der Waals surface area contributed by atoms with Crippen molar-refractivity contribution >= 4 is 22.6 Å². The smallest absolute Gasteiger partial charge is 0.303 e. The maximum Gasteiger partial charge on any atom is 0.303 e. The van der Waals surface area contributed by atoms with Gasteiger partial charge in [-0.05, 0) is 50.1 Å². The van der Waals surface area contributed by atoms with E-state index in [1.807, 2.05) is 56.3 Å². The van der Waals surface area contributed by atoms with Crippen LogP contribution in [0.1, 0.15) is 37.0 Å². The molecule has 1 aromatic heterocycles. The lowest BCUT2D eigenvalue weighted by Crippen LogP contribution is -2.13. The molecule has 0 aliphatic carbocycles. The summed E-state index contributed by atoms with van der Waals surface area (Å²) in [6.07, 6.45) is -0.590. The van der Waals surface area contributed by atoms with Crippen LogP contribution in [0.15, 0.2) is 51.9 Å². The molecule has 0 bridgehead atoms. The molecule has 0 aliphatic heterocycles. The van der Waals surface area contributed by atoms with Gasteiger partial charge in [-0.15, -0.1) is 0 Å². The molecule has 1 heterocycles. The van der Waals surface area contributed by atoms with Gasteiger partial charge in [-0.1, -0.05) is 24.3 Å². The second-order valence-electron chi connectivity index (χ2n) is 5.96. The van der Waals surface area contributed by atoms with Gasteiger partial charge in [-0.2, -0.15) is 0 Å². The Kier molecular flexibility index (Phi) is 4.65. The predicted molar refractivity (Wildman–Crippen MR) is 95.3 cm³/mol. The summed E-state index contributed by atoms with van der Waals surface area (Å²) in [6, 6.07) is 13.5. The molecule has 0 fully saturated rings. The number of benzene rings is 2. The molecule has 0 N–H and O–H groups in total. The van der Waals surface area contributed by atoms with Crippen molar-refractivity contribution in [2.24, 2.45) is 4.99 Å². The highest BCUT2D eigenvalue weighted by Crippen LogP contribution is 2.21. The number of aromatic nitrogens is 1. The molecule has 0 spiro atoms. The van der Waals surface area contributed by atoms with Crippen LogP contribution < -0.4 is 5.55 Å². The second-order valence-corrected chi connectivity index (χ2v) is 5.96. The number of fused-ring (bicyclic) bond motifs is 1. The normalized spacial score (nSPS) is 13.0. The zero-order valence-electron chi connectivity index (χ0n) is 14.7. The number of hydrogen-bond donors (Lipinski definition) is 0. The second kappa shape index (κ2) is 6.89. The SMILES string of the molecule is CC(=O)O[C@@H](C)c1nc2ccc(C)c(C)c2c(=Nc2ccccc2)o1. The first kappa shape index (κ1) is 16.9. The minimum atomic E-state index is -0.590. The zero-order valence-corrected chi connectivity index (χ0v) is 14.7. The molecule has 1 atom stereocenters. The Balaban J connectivity index is 2.29. The molecule has 5 heteroatoms. The Labute approximate surface area is 146 Å². The molecule has 3 rings (SSSR count). The lowest BCUT2D eigenvalue weighted by Gasteiger charge is -2.12. The van der Waals surface area contributed by atoms with Crippen LogP contribution in [0.4, 0.5) is 5.69 Å². The highest BCUT2D eigenvalue weighted by atomic mass is 16.6. The van der Waals surface area contributed by atoms with E-state index in [4.69, 9.17) is 9.15 Å². The summed E-state index contributed by atoms with van der Waals surface area (Å²) in [7, 11) is 0. The first-order valence-corrected chi connectivity index (χ1v) is 8.13. The van der Waals surface area contributed by atoms with Crippen molar-refractivity contribution < 1.29 is 13.9 Å². The number of carbonyl (C=O) groups is 1. The van der Waals surface area contributed by atoms with Gasteiger partial charge in [-0.25, -0.2) is 9.98 Å². The van der Waals surface area contributed by atoms with Gasteiger partial charge >= 0.3 is 5.97 Å². The van der Waals surface area contributed by atoms with Crippen molar-refractivity contribution in [1.29, 1.82) is 0 Å². The van der Waals surface area contributed by atoms with E-state index in [0.29, 0.717) is 11.4 Å². The fourth-order valence-corrected chi connectivity index (χ4v) is 2.63. The van der Waals surface area contributed by atoms with E-state index in [-0.39, 0.29) is 5.97 Å². The van der Waals surface area contributed by atoms with Gasteiger partial charge in [0.15, 0.2) is 6.10 Å². The number of para-hydroxylation sites is 1. The summed E-state index contributed by atoms with van der Waals surface area (Å²) in [4.78, 5) is 20.4. The third-order valence-electron chi connectivity index (χ3n) is 4.04. The van der Waals surface area contributed by atoms with Crippen LogP contribution in [-0.2, 0) is 9.53 Å². The van der Waals surface area contributed by atoms with Crippen LogP contribution in [0.2, 0.25) is 0 Å². The standard InChI is InChI=1S/C20H20N2O3/c1-12-10-11-17-18(13(12)2)20(21-16-8-6-5-7-9-16)25-19(22-17)14(3)24-15(4)23/h5-11,14H,1-4H3/t14-/m0/s1. The topological polar surface area (TPSA) is 64.7 Å². The quantitative estimate of drug-likeness (QED) is 0.669. The van der Waals surface area contributed by atoms with Crippen LogP contribution in [0.25, 0.3) is 10.9 Å². The van der Waals surface area contributed by atoms with E-state index in [9.17, 15) is 4.79 Å². The van der Waals surface area contributed by atoms with E-state index in [1.165, 1.54) is 6.92 Å². The van der Waals surface area contributed by atoms with Crippen LogP contribution in [0, 0.1) is 13.8 Å². The molecule has 0 saturated heterocycles. The molecule has 0 aliphatic rings. The Hall–Kier alpha value is -2.95. The van der Waals surface area contributed by atoms with Gasteiger partial charge in [0.2, 0.25) is 11.4 Å². The maximum atomic E-state index is 11.3. The molecule has 0 radical (unpaired) electrons. The van der Waals surface area contributed by atoms with Gasteiger partial charge in [0.25, 0.3) is 0 Å². The minimum Gasteiger partial charge on any atom is -0.453 e. The number of esters is 1. The van der Waals surface area contributed by atoms with Gasteiger partial charge in [0, 0.05) is 6.92 Å². The summed E-state index contributed by atoms with van der Waals surface area (Å²) in [5.74, 6) is -0.0631. The van der Waals surface area contributed by atoms with E-state index >= 15 is 0 Å². The molecule has 5 nitrogen and oxygen atoms in total. The first-order chi connectivity index (χ1) is 12.0. The van der Waals surface area contributed by atoms with E-state index < -0.39 is 6.10 Å². The van der Waals surface area contributed by atoms with Crippen molar-refractivity contribution in [3.05, 3.63) is 65.0 Å². The predicted octanol–water partition coefficient (Wildman–Crippen LogP) is 4.30. The number of aryl methyl sites for hydroxylation is 2. The van der Waals surface area contributed by atoms with Crippen LogP contribution >= 0.6 is 0 Å². The lowest BCUT2D eigenvalue weighted by molar-refractivity contribution is -0.146. The largest absolute Gasteiger partial charge is 0.453 e. The third-order valence-corrected chi connectivity index (χ3v) is 4.04. The van der Waals surface area contributed by atoms with Crippen molar-refractivity contribution in [1.82, 2.24) is 4.98 Å². The van der Waals surface area contributed by atoms with Crippen LogP contribution in [0.5, 0.6) is 0 Å². The number of hydrogen-bond acceptors (Lipinski definition) is 5. The Morgan fingerprint density at radius 1 is 1.16 bits per heavy atom. The molecular formula is C20H20N2O3. The maximum absolute atomic E-state index is 11.3. The summed E-state index contributed by atoms with van der Waals surface area (Å²) >= 11 is 0. The fourth-order valence-electron chi connectivity index (χ4n) is 2.63. The van der Waals surface area contributed by atoms with Crippen LogP contribution in [0.3, 0.4) is 0 Å². The van der Waals surface area contributed by atoms with Gasteiger partial charge in [0.05, 0.1) is 16.6 Å².